The average Bonchev–Trinajstić information content (AvgIpc) is 2.66. The van der Waals surface area contributed by atoms with Crippen molar-refractivity contribution >= 4 is 40.0 Å². The zero-order valence-corrected chi connectivity index (χ0v) is 17.1. The summed E-state index contributed by atoms with van der Waals surface area (Å²) in [6.07, 6.45) is 1.71. The largest absolute Gasteiger partial charge is 0.335 e. The van der Waals surface area contributed by atoms with E-state index in [1.54, 1.807) is 23.1 Å². The van der Waals surface area contributed by atoms with Gasteiger partial charge in [-0.25, -0.2) is 4.98 Å². The van der Waals surface area contributed by atoms with E-state index < -0.39 is 0 Å². The van der Waals surface area contributed by atoms with Gasteiger partial charge in [-0.2, -0.15) is 0 Å². The third kappa shape index (κ3) is 4.91. The van der Waals surface area contributed by atoms with Gasteiger partial charge in [-0.3, -0.25) is 9.59 Å². The van der Waals surface area contributed by atoms with E-state index >= 15 is 0 Å². The summed E-state index contributed by atoms with van der Waals surface area (Å²) in [7, 11) is 0. The van der Waals surface area contributed by atoms with Crippen molar-refractivity contribution in [3.05, 3.63) is 74.3 Å². The lowest BCUT2D eigenvalue weighted by molar-refractivity contribution is -0.131. The van der Waals surface area contributed by atoms with E-state index in [2.05, 4.69) is 9.97 Å². The van der Waals surface area contributed by atoms with Crippen LogP contribution in [0.25, 0.3) is 10.9 Å². The highest BCUT2D eigenvalue weighted by Gasteiger charge is 2.16. The zero-order chi connectivity index (χ0) is 20.1. The molecule has 3 aromatic rings. The molecule has 1 heterocycles. The lowest BCUT2D eigenvalue weighted by atomic mass is 10.1. The molecule has 5 nitrogen and oxygen atoms in total. The van der Waals surface area contributed by atoms with E-state index in [-0.39, 0.29) is 18.0 Å². The van der Waals surface area contributed by atoms with Crippen LogP contribution in [0.1, 0.15) is 31.2 Å². The SMILES string of the molecule is CCCN(Cc1nc2cc(Cl)ccc2c(=O)[nH]1)C(=O)CCc1ccccc1Cl. The Kier molecular flexibility index (Phi) is 6.70. The summed E-state index contributed by atoms with van der Waals surface area (Å²) in [5.41, 5.74) is 1.23. The fourth-order valence-electron chi connectivity index (χ4n) is 3.08. The quantitative estimate of drug-likeness (QED) is 0.610. The van der Waals surface area contributed by atoms with Gasteiger partial charge in [0.15, 0.2) is 0 Å². The first kappa shape index (κ1) is 20.4. The molecule has 2 aromatic carbocycles. The number of benzene rings is 2. The fourth-order valence-corrected chi connectivity index (χ4v) is 3.48. The molecule has 1 N–H and O–H groups in total. The van der Waals surface area contributed by atoms with Crippen molar-refractivity contribution in [1.29, 1.82) is 0 Å². The molecule has 0 spiro atoms. The normalized spacial score (nSPS) is 11.0. The van der Waals surface area contributed by atoms with Crippen molar-refractivity contribution in [2.75, 3.05) is 6.54 Å². The van der Waals surface area contributed by atoms with Crippen LogP contribution >= 0.6 is 23.2 Å². The standard InChI is InChI=1S/C21H21Cl2N3O2/c1-2-11-26(20(27)10-7-14-5-3-4-6-17(14)23)13-19-24-18-12-15(22)8-9-16(18)21(28)25-19/h3-6,8-9,12H,2,7,10-11,13H2,1H3,(H,24,25,28). The number of aryl methyl sites for hydroxylation is 1. The summed E-state index contributed by atoms with van der Waals surface area (Å²) in [5, 5.41) is 1.65. The van der Waals surface area contributed by atoms with Gasteiger partial charge in [0.05, 0.1) is 17.4 Å². The second-order valence-electron chi connectivity index (χ2n) is 6.58. The number of nitrogens with one attached hydrogen (secondary N) is 1. The maximum atomic E-state index is 12.8. The van der Waals surface area contributed by atoms with Crippen molar-refractivity contribution in [3.63, 3.8) is 0 Å². The van der Waals surface area contributed by atoms with Crippen LogP contribution in [0.15, 0.2) is 47.3 Å². The second-order valence-corrected chi connectivity index (χ2v) is 7.42. The number of halogens is 2. The Hall–Kier alpha value is -2.37. The molecule has 0 unspecified atom stereocenters. The number of amides is 1. The number of carbonyl (C=O) groups is 1. The minimum absolute atomic E-state index is 0.00407. The maximum Gasteiger partial charge on any atom is 0.258 e. The molecule has 0 atom stereocenters. The number of hydrogen-bond donors (Lipinski definition) is 1. The second kappa shape index (κ2) is 9.22. The van der Waals surface area contributed by atoms with E-state index in [0.717, 1.165) is 12.0 Å². The molecule has 1 aromatic heterocycles. The molecule has 146 valence electrons. The Morgan fingerprint density at radius 3 is 2.71 bits per heavy atom. The summed E-state index contributed by atoms with van der Waals surface area (Å²) in [4.78, 5) is 34.0. The van der Waals surface area contributed by atoms with E-state index in [4.69, 9.17) is 23.2 Å². The van der Waals surface area contributed by atoms with Gasteiger partial charge in [0.25, 0.3) is 5.56 Å². The van der Waals surface area contributed by atoms with Crippen molar-refractivity contribution in [2.45, 2.75) is 32.7 Å². The van der Waals surface area contributed by atoms with Gasteiger partial charge in [-0.1, -0.05) is 48.3 Å². The third-order valence-corrected chi connectivity index (χ3v) is 5.07. The Labute approximate surface area is 173 Å². The molecular formula is C21H21Cl2N3O2. The number of aromatic amines is 1. The molecule has 0 bridgehead atoms. The molecule has 7 heteroatoms. The van der Waals surface area contributed by atoms with E-state index in [1.165, 1.54) is 0 Å². The van der Waals surface area contributed by atoms with E-state index in [1.807, 2.05) is 31.2 Å². The Bertz CT molecular complexity index is 1050. The summed E-state index contributed by atoms with van der Waals surface area (Å²) in [5.74, 6) is 0.440. The topological polar surface area (TPSA) is 66.1 Å². The monoisotopic (exact) mass is 417 g/mol. The molecule has 1 amide bonds. The van der Waals surface area contributed by atoms with Crippen LogP contribution in [0.3, 0.4) is 0 Å². The highest BCUT2D eigenvalue weighted by atomic mass is 35.5. The molecule has 0 radical (unpaired) electrons. The molecule has 0 aliphatic rings. The first-order chi connectivity index (χ1) is 13.5. The van der Waals surface area contributed by atoms with Crippen molar-refractivity contribution in [1.82, 2.24) is 14.9 Å². The summed E-state index contributed by atoms with van der Waals surface area (Å²) < 4.78 is 0. The smallest absolute Gasteiger partial charge is 0.258 e. The Morgan fingerprint density at radius 2 is 1.96 bits per heavy atom. The highest BCUT2D eigenvalue weighted by Crippen LogP contribution is 2.18. The predicted molar refractivity (Wildman–Crippen MR) is 113 cm³/mol. The molecule has 0 saturated heterocycles. The number of rotatable bonds is 7. The first-order valence-electron chi connectivity index (χ1n) is 9.17. The maximum absolute atomic E-state index is 12.8. The van der Waals surface area contributed by atoms with Crippen LogP contribution in [0.2, 0.25) is 10.0 Å². The molecule has 28 heavy (non-hydrogen) atoms. The van der Waals surface area contributed by atoms with Crippen molar-refractivity contribution < 1.29 is 4.79 Å². The van der Waals surface area contributed by atoms with Gasteiger partial charge in [0.1, 0.15) is 5.82 Å². The number of hydrogen-bond acceptors (Lipinski definition) is 3. The number of aromatic nitrogens is 2. The minimum atomic E-state index is -0.239. The molecular weight excluding hydrogens is 397 g/mol. The van der Waals surface area contributed by atoms with E-state index in [0.29, 0.717) is 46.2 Å². The number of carbonyl (C=O) groups excluding carboxylic acids is 1. The van der Waals surface area contributed by atoms with Crippen molar-refractivity contribution in [3.8, 4) is 0 Å². The van der Waals surface area contributed by atoms with Gasteiger partial charge in [-0.05, 0) is 42.7 Å². The Morgan fingerprint density at radius 1 is 1.18 bits per heavy atom. The van der Waals surface area contributed by atoms with Gasteiger partial charge in [0, 0.05) is 23.0 Å². The van der Waals surface area contributed by atoms with Crippen LogP contribution in [-0.2, 0) is 17.8 Å². The van der Waals surface area contributed by atoms with Gasteiger partial charge in [-0.15, -0.1) is 0 Å². The number of fused-ring (bicyclic) bond motifs is 1. The fraction of sp³-hybridized carbons (Fsp3) is 0.286. The lowest BCUT2D eigenvalue weighted by Crippen LogP contribution is -2.33. The molecule has 0 fully saturated rings. The summed E-state index contributed by atoms with van der Waals surface area (Å²) in [6.45, 7) is 2.83. The van der Waals surface area contributed by atoms with Crippen LogP contribution in [0.5, 0.6) is 0 Å². The molecule has 0 saturated carbocycles. The number of H-pyrrole nitrogens is 1. The lowest BCUT2D eigenvalue weighted by Gasteiger charge is -2.22. The summed E-state index contributed by atoms with van der Waals surface area (Å²) >= 11 is 12.2. The van der Waals surface area contributed by atoms with Gasteiger partial charge < -0.3 is 9.88 Å². The zero-order valence-electron chi connectivity index (χ0n) is 15.5. The molecule has 3 rings (SSSR count). The predicted octanol–water partition coefficient (Wildman–Crippen LogP) is 4.60. The van der Waals surface area contributed by atoms with Crippen LogP contribution in [-0.4, -0.2) is 27.3 Å². The third-order valence-electron chi connectivity index (χ3n) is 4.47. The minimum Gasteiger partial charge on any atom is -0.335 e. The molecule has 0 aliphatic heterocycles. The Balaban J connectivity index is 1.77. The highest BCUT2D eigenvalue weighted by molar-refractivity contribution is 6.31. The van der Waals surface area contributed by atoms with E-state index in [9.17, 15) is 9.59 Å². The summed E-state index contributed by atoms with van der Waals surface area (Å²) in [6, 6.07) is 12.5. The van der Waals surface area contributed by atoms with Gasteiger partial charge in [0.2, 0.25) is 5.91 Å². The number of nitrogens with zero attached hydrogens (tertiary/aromatic N) is 2. The van der Waals surface area contributed by atoms with Crippen molar-refractivity contribution in [2.24, 2.45) is 0 Å². The molecule has 0 aliphatic carbocycles. The van der Waals surface area contributed by atoms with Crippen LogP contribution in [0.4, 0.5) is 0 Å². The van der Waals surface area contributed by atoms with Crippen LogP contribution < -0.4 is 5.56 Å². The first-order valence-corrected chi connectivity index (χ1v) is 9.93. The van der Waals surface area contributed by atoms with Crippen LogP contribution in [0, 0.1) is 0 Å². The average molecular weight is 418 g/mol. The van der Waals surface area contributed by atoms with Gasteiger partial charge >= 0.3 is 0 Å².